The first-order chi connectivity index (χ1) is 9.44. The molecule has 6 heteroatoms. The Kier molecular flexibility index (Phi) is 5.61. The fourth-order valence-corrected chi connectivity index (χ4v) is 2.08. The van der Waals surface area contributed by atoms with E-state index in [0.717, 1.165) is 12.8 Å². The van der Waals surface area contributed by atoms with Gasteiger partial charge in [0.15, 0.2) is 0 Å². The van der Waals surface area contributed by atoms with Gasteiger partial charge in [0.05, 0.1) is 6.54 Å². The molecule has 3 N–H and O–H groups in total. The largest absolute Gasteiger partial charge is 0.444 e. The number of ether oxygens (including phenoxy) is 1. The maximum atomic E-state index is 11.7. The molecule has 0 aromatic carbocycles. The molecule has 0 heterocycles. The van der Waals surface area contributed by atoms with Gasteiger partial charge in [0.2, 0.25) is 5.91 Å². The SMILES string of the molecule is CC(C)(C)NC(=O)CNC1CC(NC(=O)OC(C)(C)C)C1. The number of carbonyl (C=O) groups excluding carboxylic acids is 2. The molecule has 6 nitrogen and oxygen atoms in total. The zero-order valence-electron chi connectivity index (χ0n) is 14.0. The number of alkyl carbamates (subject to hydrolysis) is 1. The molecule has 0 aliphatic heterocycles. The average molecular weight is 299 g/mol. The number of amides is 2. The van der Waals surface area contributed by atoms with Crippen LogP contribution in [0.4, 0.5) is 4.79 Å². The van der Waals surface area contributed by atoms with Gasteiger partial charge in [0, 0.05) is 17.6 Å². The summed E-state index contributed by atoms with van der Waals surface area (Å²) in [5.74, 6) is -0.00829. The zero-order valence-corrected chi connectivity index (χ0v) is 14.0. The van der Waals surface area contributed by atoms with Crippen molar-refractivity contribution in [3.05, 3.63) is 0 Å². The molecule has 0 atom stereocenters. The van der Waals surface area contributed by atoms with Crippen molar-refractivity contribution in [2.75, 3.05) is 6.54 Å². The van der Waals surface area contributed by atoms with Crippen molar-refractivity contribution in [2.24, 2.45) is 0 Å². The maximum Gasteiger partial charge on any atom is 0.407 e. The van der Waals surface area contributed by atoms with Crippen LogP contribution in [0.1, 0.15) is 54.4 Å². The van der Waals surface area contributed by atoms with E-state index < -0.39 is 5.60 Å². The van der Waals surface area contributed by atoms with E-state index in [0.29, 0.717) is 6.54 Å². The minimum atomic E-state index is -0.476. The summed E-state index contributed by atoms with van der Waals surface area (Å²) in [4.78, 5) is 23.2. The molecule has 1 rings (SSSR count). The van der Waals surface area contributed by atoms with Crippen LogP contribution >= 0.6 is 0 Å². The van der Waals surface area contributed by atoms with Gasteiger partial charge in [0.1, 0.15) is 5.60 Å². The second-order valence-corrected chi connectivity index (χ2v) is 7.69. The van der Waals surface area contributed by atoms with Gasteiger partial charge in [-0.2, -0.15) is 0 Å². The van der Waals surface area contributed by atoms with E-state index in [1.54, 1.807) is 0 Å². The van der Waals surface area contributed by atoms with Crippen molar-refractivity contribution in [1.82, 2.24) is 16.0 Å². The molecule has 122 valence electrons. The molecule has 21 heavy (non-hydrogen) atoms. The van der Waals surface area contributed by atoms with Crippen LogP contribution in [0.5, 0.6) is 0 Å². The summed E-state index contributed by atoms with van der Waals surface area (Å²) >= 11 is 0. The predicted molar refractivity (Wildman–Crippen MR) is 82.1 cm³/mol. The van der Waals surface area contributed by atoms with Crippen LogP contribution in [0.15, 0.2) is 0 Å². The van der Waals surface area contributed by atoms with E-state index in [9.17, 15) is 9.59 Å². The van der Waals surface area contributed by atoms with Crippen molar-refractivity contribution in [1.29, 1.82) is 0 Å². The zero-order chi connectivity index (χ0) is 16.3. The molecule has 0 radical (unpaired) electrons. The molecule has 0 aromatic rings. The highest BCUT2D eigenvalue weighted by molar-refractivity contribution is 5.78. The lowest BCUT2D eigenvalue weighted by Gasteiger charge is -2.36. The third-order valence-electron chi connectivity index (χ3n) is 2.92. The summed E-state index contributed by atoms with van der Waals surface area (Å²) < 4.78 is 5.20. The van der Waals surface area contributed by atoms with Crippen LogP contribution in [0.25, 0.3) is 0 Å². The van der Waals surface area contributed by atoms with E-state index in [4.69, 9.17) is 4.74 Å². The van der Waals surface area contributed by atoms with Crippen molar-refractivity contribution < 1.29 is 14.3 Å². The van der Waals surface area contributed by atoms with Crippen LogP contribution in [0.3, 0.4) is 0 Å². The van der Waals surface area contributed by atoms with Crippen LogP contribution in [-0.2, 0) is 9.53 Å². The van der Waals surface area contributed by atoms with E-state index in [2.05, 4.69) is 16.0 Å². The van der Waals surface area contributed by atoms with Crippen LogP contribution in [0.2, 0.25) is 0 Å². The van der Waals surface area contributed by atoms with Gasteiger partial charge in [-0.25, -0.2) is 4.79 Å². The topological polar surface area (TPSA) is 79.5 Å². The number of nitrogens with one attached hydrogen (secondary N) is 3. The van der Waals surface area contributed by atoms with Gasteiger partial charge in [-0.1, -0.05) is 0 Å². The molecule has 1 aliphatic carbocycles. The number of hydrogen-bond acceptors (Lipinski definition) is 4. The second kappa shape index (κ2) is 6.64. The first-order valence-corrected chi connectivity index (χ1v) is 7.48. The Morgan fingerprint density at radius 3 is 2.10 bits per heavy atom. The van der Waals surface area contributed by atoms with Crippen molar-refractivity contribution >= 4 is 12.0 Å². The third kappa shape index (κ3) is 7.90. The lowest BCUT2D eigenvalue weighted by atomic mass is 9.87. The van der Waals surface area contributed by atoms with E-state index in [1.165, 1.54) is 0 Å². The Balaban J connectivity index is 2.14. The molecule has 1 saturated carbocycles. The van der Waals surface area contributed by atoms with Gasteiger partial charge >= 0.3 is 6.09 Å². The smallest absolute Gasteiger partial charge is 0.407 e. The summed E-state index contributed by atoms with van der Waals surface area (Å²) in [6.07, 6.45) is 1.26. The first kappa shape index (κ1) is 17.8. The fourth-order valence-electron chi connectivity index (χ4n) is 2.08. The molecular weight excluding hydrogens is 270 g/mol. The minimum Gasteiger partial charge on any atom is -0.444 e. The van der Waals surface area contributed by atoms with Crippen LogP contribution in [-0.4, -0.2) is 41.8 Å². The van der Waals surface area contributed by atoms with E-state index in [1.807, 2.05) is 41.5 Å². The summed E-state index contributed by atoms with van der Waals surface area (Å²) in [5, 5.41) is 8.92. The summed E-state index contributed by atoms with van der Waals surface area (Å²) in [6.45, 7) is 11.7. The normalized spacial score (nSPS) is 22.2. The van der Waals surface area contributed by atoms with Gasteiger partial charge in [-0.05, 0) is 54.4 Å². The predicted octanol–water partition coefficient (Wildman–Crippen LogP) is 1.55. The van der Waals surface area contributed by atoms with Crippen LogP contribution < -0.4 is 16.0 Å². The highest BCUT2D eigenvalue weighted by Crippen LogP contribution is 2.20. The van der Waals surface area contributed by atoms with Gasteiger partial charge in [-0.3, -0.25) is 4.79 Å². The molecular formula is C15H29N3O3. The molecule has 0 unspecified atom stereocenters. The fraction of sp³-hybridized carbons (Fsp3) is 0.867. The molecule has 0 saturated heterocycles. The van der Waals surface area contributed by atoms with E-state index in [-0.39, 0.29) is 29.6 Å². The van der Waals surface area contributed by atoms with Gasteiger partial charge < -0.3 is 20.7 Å². The standard InChI is InChI=1S/C15H29N3O3/c1-14(2,3)18-12(19)9-16-10-7-11(8-10)17-13(20)21-15(4,5)6/h10-11,16H,7-9H2,1-6H3,(H,17,20)(H,18,19). The lowest BCUT2D eigenvalue weighted by Crippen LogP contribution is -2.55. The minimum absolute atomic E-state index is 0.00829. The Bertz CT molecular complexity index is 377. The van der Waals surface area contributed by atoms with Crippen LogP contribution in [0, 0.1) is 0 Å². The van der Waals surface area contributed by atoms with Crippen molar-refractivity contribution in [3.63, 3.8) is 0 Å². The Hall–Kier alpha value is -1.30. The first-order valence-electron chi connectivity index (χ1n) is 7.48. The maximum absolute atomic E-state index is 11.7. The highest BCUT2D eigenvalue weighted by Gasteiger charge is 2.31. The summed E-state index contributed by atoms with van der Waals surface area (Å²) in [7, 11) is 0. The summed E-state index contributed by atoms with van der Waals surface area (Å²) in [5.41, 5.74) is -0.685. The molecule has 1 fully saturated rings. The number of carbonyl (C=O) groups is 2. The second-order valence-electron chi connectivity index (χ2n) is 7.69. The van der Waals surface area contributed by atoms with Crippen molar-refractivity contribution in [3.8, 4) is 0 Å². The van der Waals surface area contributed by atoms with Gasteiger partial charge in [0.25, 0.3) is 0 Å². The molecule has 0 bridgehead atoms. The summed E-state index contributed by atoms with van der Waals surface area (Å²) in [6, 6.07) is 0.402. The average Bonchev–Trinajstić information content (AvgIpc) is 2.15. The quantitative estimate of drug-likeness (QED) is 0.736. The number of hydrogen-bond donors (Lipinski definition) is 3. The lowest BCUT2D eigenvalue weighted by molar-refractivity contribution is -0.121. The Labute approximate surface area is 127 Å². The monoisotopic (exact) mass is 299 g/mol. The highest BCUT2D eigenvalue weighted by atomic mass is 16.6. The Morgan fingerprint density at radius 2 is 1.62 bits per heavy atom. The molecule has 1 aliphatic rings. The Morgan fingerprint density at radius 1 is 1.05 bits per heavy atom. The molecule has 0 aromatic heterocycles. The molecule has 0 spiro atoms. The van der Waals surface area contributed by atoms with Crippen molar-refractivity contribution in [2.45, 2.75) is 77.6 Å². The van der Waals surface area contributed by atoms with E-state index >= 15 is 0 Å². The molecule has 2 amide bonds. The number of rotatable bonds is 4. The van der Waals surface area contributed by atoms with Gasteiger partial charge in [-0.15, -0.1) is 0 Å². The third-order valence-corrected chi connectivity index (χ3v) is 2.92.